The lowest BCUT2D eigenvalue weighted by atomic mass is 10.2. The van der Waals surface area contributed by atoms with Gasteiger partial charge in [-0.1, -0.05) is 29.8 Å². The highest BCUT2D eigenvalue weighted by molar-refractivity contribution is 7.15. The van der Waals surface area contributed by atoms with Crippen molar-refractivity contribution < 1.29 is 8.78 Å². The molecule has 2 aromatic carbocycles. The first-order chi connectivity index (χ1) is 11.1. The van der Waals surface area contributed by atoms with Crippen LogP contribution < -0.4 is 5.32 Å². The number of thiazole rings is 1. The van der Waals surface area contributed by atoms with Crippen molar-refractivity contribution in [2.75, 3.05) is 0 Å². The number of nitrogens with zero attached hydrogens (tertiary/aromatic N) is 1. The van der Waals surface area contributed by atoms with Crippen molar-refractivity contribution in [3.05, 3.63) is 75.9 Å². The molecule has 23 heavy (non-hydrogen) atoms. The van der Waals surface area contributed by atoms with Gasteiger partial charge in [-0.05, 0) is 29.8 Å². The van der Waals surface area contributed by atoms with Crippen molar-refractivity contribution in [1.29, 1.82) is 0 Å². The average Bonchev–Trinajstić information content (AvgIpc) is 2.98. The monoisotopic (exact) mass is 350 g/mol. The van der Waals surface area contributed by atoms with E-state index in [0.717, 1.165) is 10.6 Å². The van der Waals surface area contributed by atoms with E-state index in [0.29, 0.717) is 28.6 Å². The summed E-state index contributed by atoms with van der Waals surface area (Å²) in [4.78, 5) is 4.99. The maximum absolute atomic E-state index is 13.9. The molecule has 1 N–H and O–H groups in total. The normalized spacial score (nSPS) is 10.9. The lowest BCUT2D eigenvalue weighted by molar-refractivity contribution is 0.624. The number of hydrogen-bond donors (Lipinski definition) is 1. The molecule has 0 fully saturated rings. The fourth-order valence-corrected chi connectivity index (χ4v) is 3.43. The maximum atomic E-state index is 13.9. The Labute approximate surface area is 141 Å². The lowest BCUT2D eigenvalue weighted by Gasteiger charge is -2.03. The largest absolute Gasteiger partial charge is 0.306 e. The summed E-state index contributed by atoms with van der Waals surface area (Å²) in [6, 6.07) is 10.9. The van der Waals surface area contributed by atoms with Crippen LogP contribution in [0.4, 0.5) is 8.78 Å². The van der Waals surface area contributed by atoms with E-state index >= 15 is 0 Å². The zero-order valence-corrected chi connectivity index (χ0v) is 13.6. The Balaban J connectivity index is 1.64. The van der Waals surface area contributed by atoms with Gasteiger partial charge in [0.2, 0.25) is 0 Å². The van der Waals surface area contributed by atoms with Crippen molar-refractivity contribution in [3.8, 4) is 10.4 Å². The molecule has 6 heteroatoms. The zero-order valence-electron chi connectivity index (χ0n) is 12.0. The molecule has 0 saturated carbocycles. The van der Waals surface area contributed by atoms with Gasteiger partial charge in [0.25, 0.3) is 0 Å². The molecule has 0 radical (unpaired) electrons. The molecule has 0 aliphatic rings. The average molecular weight is 351 g/mol. The highest BCUT2D eigenvalue weighted by Gasteiger charge is 2.12. The van der Waals surface area contributed by atoms with Crippen molar-refractivity contribution in [1.82, 2.24) is 10.3 Å². The van der Waals surface area contributed by atoms with Gasteiger partial charge < -0.3 is 5.32 Å². The second kappa shape index (κ2) is 7.17. The highest BCUT2D eigenvalue weighted by Crippen LogP contribution is 2.34. The van der Waals surface area contributed by atoms with E-state index in [9.17, 15) is 8.78 Å². The maximum Gasteiger partial charge on any atom is 0.133 e. The van der Waals surface area contributed by atoms with Crippen LogP contribution in [0.1, 0.15) is 10.6 Å². The molecule has 0 aliphatic carbocycles. The van der Waals surface area contributed by atoms with Crippen LogP contribution in [0.25, 0.3) is 10.4 Å². The molecule has 3 aromatic rings. The Morgan fingerprint density at radius 3 is 2.57 bits per heavy atom. The van der Waals surface area contributed by atoms with Crippen LogP contribution in [0.15, 0.2) is 48.7 Å². The molecule has 2 nitrogen and oxygen atoms in total. The van der Waals surface area contributed by atoms with Crippen LogP contribution in [0.5, 0.6) is 0 Å². The van der Waals surface area contributed by atoms with Gasteiger partial charge in [-0.15, -0.1) is 11.3 Å². The molecule has 118 valence electrons. The van der Waals surface area contributed by atoms with Crippen LogP contribution in [0, 0.1) is 11.6 Å². The molecule has 0 saturated heterocycles. The van der Waals surface area contributed by atoms with Crippen molar-refractivity contribution >= 4 is 22.9 Å². The molecule has 0 aliphatic heterocycles. The summed E-state index contributed by atoms with van der Waals surface area (Å²) >= 11 is 7.46. The minimum absolute atomic E-state index is 0.250. The number of rotatable bonds is 5. The van der Waals surface area contributed by atoms with Crippen LogP contribution in [-0.2, 0) is 13.1 Å². The summed E-state index contributed by atoms with van der Waals surface area (Å²) in [7, 11) is 0. The minimum Gasteiger partial charge on any atom is -0.306 e. The summed E-state index contributed by atoms with van der Waals surface area (Å²) in [5.41, 5.74) is 1.37. The molecule has 0 atom stereocenters. The number of benzene rings is 2. The van der Waals surface area contributed by atoms with Crippen LogP contribution in [0.3, 0.4) is 0 Å². The number of aromatic nitrogens is 1. The molecule has 1 aromatic heterocycles. The van der Waals surface area contributed by atoms with Crippen molar-refractivity contribution in [3.63, 3.8) is 0 Å². The molecule has 0 bridgehead atoms. The van der Waals surface area contributed by atoms with Gasteiger partial charge in [0, 0.05) is 24.8 Å². The Bertz CT molecular complexity index is 782. The standard InChI is InChI=1S/C17H13ClF2N2S/c18-13-2-1-3-14(20)17(13)15-9-22-16(23-15)10-21-8-11-4-6-12(19)7-5-11/h1-7,9,21H,8,10H2. The molecule has 0 amide bonds. The first-order valence-electron chi connectivity index (χ1n) is 6.98. The SMILES string of the molecule is Fc1ccc(CNCc2ncc(-c3c(F)cccc3Cl)s2)cc1. The lowest BCUT2D eigenvalue weighted by Crippen LogP contribution is -2.12. The Morgan fingerprint density at radius 1 is 1.04 bits per heavy atom. The summed E-state index contributed by atoms with van der Waals surface area (Å²) < 4.78 is 26.7. The molecule has 3 rings (SSSR count). The third kappa shape index (κ3) is 3.93. The van der Waals surface area contributed by atoms with Gasteiger partial charge in [-0.25, -0.2) is 13.8 Å². The molecule has 0 spiro atoms. The second-order valence-corrected chi connectivity index (χ2v) is 6.47. The van der Waals surface area contributed by atoms with E-state index in [1.165, 1.54) is 29.5 Å². The van der Waals surface area contributed by atoms with Crippen LogP contribution in [-0.4, -0.2) is 4.98 Å². The Hall–Kier alpha value is -1.82. The summed E-state index contributed by atoms with van der Waals surface area (Å²) in [5.74, 6) is -0.605. The summed E-state index contributed by atoms with van der Waals surface area (Å²) in [6.07, 6.45) is 1.63. The van der Waals surface area contributed by atoms with Gasteiger partial charge >= 0.3 is 0 Å². The quantitative estimate of drug-likeness (QED) is 0.698. The fraction of sp³-hybridized carbons (Fsp3) is 0.118. The van der Waals surface area contributed by atoms with Crippen LogP contribution >= 0.6 is 22.9 Å². The van der Waals surface area contributed by atoms with E-state index in [1.807, 2.05) is 0 Å². The van der Waals surface area contributed by atoms with Gasteiger partial charge in [-0.2, -0.15) is 0 Å². The second-order valence-electron chi connectivity index (χ2n) is 4.94. The fourth-order valence-electron chi connectivity index (χ4n) is 2.16. The van der Waals surface area contributed by atoms with Gasteiger partial charge in [0.05, 0.1) is 9.90 Å². The van der Waals surface area contributed by atoms with E-state index < -0.39 is 0 Å². The van der Waals surface area contributed by atoms with Crippen molar-refractivity contribution in [2.24, 2.45) is 0 Å². The Morgan fingerprint density at radius 2 is 1.83 bits per heavy atom. The van der Waals surface area contributed by atoms with Gasteiger partial charge in [-0.3, -0.25) is 0 Å². The number of nitrogens with one attached hydrogen (secondary N) is 1. The number of halogens is 3. The van der Waals surface area contributed by atoms with E-state index in [4.69, 9.17) is 11.6 Å². The first kappa shape index (κ1) is 16.1. The molecular weight excluding hydrogens is 338 g/mol. The first-order valence-corrected chi connectivity index (χ1v) is 8.17. The minimum atomic E-state index is -0.355. The van der Waals surface area contributed by atoms with Gasteiger partial charge in [0.15, 0.2) is 0 Å². The summed E-state index contributed by atoms with van der Waals surface area (Å²) in [5, 5.41) is 4.44. The number of hydrogen-bond acceptors (Lipinski definition) is 3. The van der Waals surface area contributed by atoms with Crippen LogP contribution in [0.2, 0.25) is 5.02 Å². The molecule has 1 heterocycles. The molecule has 0 unspecified atom stereocenters. The third-order valence-corrected chi connectivity index (χ3v) is 4.61. The van der Waals surface area contributed by atoms with Gasteiger partial charge in [0.1, 0.15) is 16.6 Å². The highest BCUT2D eigenvalue weighted by atomic mass is 35.5. The topological polar surface area (TPSA) is 24.9 Å². The zero-order chi connectivity index (χ0) is 16.2. The Kier molecular flexibility index (Phi) is 5.00. The predicted molar refractivity (Wildman–Crippen MR) is 89.5 cm³/mol. The van der Waals surface area contributed by atoms with E-state index in [-0.39, 0.29) is 11.6 Å². The van der Waals surface area contributed by atoms with E-state index in [1.54, 1.807) is 30.5 Å². The summed E-state index contributed by atoms with van der Waals surface area (Å²) in [6.45, 7) is 1.16. The van der Waals surface area contributed by atoms with E-state index in [2.05, 4.69) is 10.3 Å². The predicted octanol–water partition coefficient (Wildman–Crippen LogP) is 5.03. The smallest absolute Gasteiger partial charge is 0.133 e. The molecular formula is C17H13ClF2N2S. The van der Waals surface area contributed by atoms with Crippen molar-refractivity contribution in [2.45, 2.75) is 13.1 Å². The third-order valence-electron chi connectivity index (χ3n) is 3.28.